The molecule has 1 atom stereocenters. The normalized spacial score (nSPS) is 15.2. The van der Waals surface area contributed by atoms with Gasteiger partial charge in [0.05, 0.1) is 22.1 Å². The van der Waals surface area contributed by atoms with Crippen molar-refractivity contribution in [2.45, 2.75) is 35.6 Å². The predicted molar refractivity (Wildman–Crippen MR) is 251 cm³/mol. The predicted octanol–water partition coefficient (Wildman–Crippen LogP) is 11.1. The number of fused-ring (bicyclic) bond motifs is 12. The lowest BCUT2D eigenvalue weighted by atomic mass is 9.62. The first-order valence-corrected chi connectivity index (χ1v) is 20.8. The van der Waals surface area contributed by atoms with Gasteiger partial charge in [-0.1, -0.05) is 170 Å². The molecule has 288 valence electrons. The lowest BCUT2D eigenvalue weighted by molar-refractivity contribution is 0.688. The van der Waals surface area contributed by atoms with E-state index in [1.807, 2.05) is 61.2 Å². The molecule has 0 bridgehead atoms. The lowest BCUT2D eigenvalue weighted by Gasteiger charge is -2.45. The number of nitrogens with one attached hydrogen (secondary N) is 1. The SMILES string of the molecule is C=C/C=c1/ccc(N)c/c1=C/C.Cc1ccc2c(c1)C1(c3ccccc3S2)c2ccccc2-n2c3ccccc3c3cccc1c32.NNCc1ccc2ccccc2c1. The number of hydrazine groups is 1. The maximum Gasteiger partial charge on any atom is 0.0764 e. The topological polar surface area (TPSA) is 69.0 Å². The Morgan fingerprint density at radius 3 is 2.19 bits per heavy atom. The van der Waals surface area contributed by atoms with Crippen LogP contribution in [0, 0.1) is 6.92 Å². The molecule has 2 aliphatic rings. The Morgan fingerprint density at radius 2 is 1.36 bits per heavy atom. The average Bonchev–Trinajstić information content (AvgIpc) is 3.62. The van der Waals surface area contributed by atoms with Gasteiger partial charge in [-0.15, -0.1) is 0 Å². The zero-order chi connectivity index (χ0) is 40.5. The fourth-order valence-corrected chi connectivity index (χ4v) is 10.2. The first-order chi connectivity index (χ1) is 29.0. The third kappa shape index (κ3) is 6.54. The first kappa shape index (κ1) is 37.9. The molecule has 4 nitrogen and oxygen atoms in total. The van der Waals surface area contributed by atoms with Crippen LogP contribution in [0.2, 0.25) is 0 Å². The van der Waals surface area contributed by atoms with E-state index in [1.54, 1.807) is 6.08 Å². The van der Waals surface area contributed by atoms with E-state index in [0.29, 0.717) is 6.54 Å². The monoisotopic (exact) mass is 782 g/mol. The zero-order valence-electron chi connectivity index (χ0n) is 33.3. The summed E-state index contributed by atoms with van der Waals surface area (Å²) in [5, 5.41) is 7.47. The largest absolute Gasteiger partial charge is 0.399 e. The molecule has 0 aliphatic carbocycles. The zero-order valence-corrected chi connectivity index (χ0v) is 34.1. The highest BCUT2D eigenvalue weighted by molar-refractivity contribution is 7.99. The van der Waals surface area contributed by atoms with Gasteiger partial charge in [0.15, 0.2) is 0 Å². The van der Waals surface area contributed by atoms with Crippen LogP contribution in [0.3, 0.4) is 0 Å². The Bertz CT molecular complexity index is 3180. The van der Waals surface area contributed by atoms with Crippen molar-refractivity contribution in [1.82, 2.24) is 9.99 Å². The van der Waals surface area contributed by atoms with Crippen LogP contribution in [0.25, 0.3) is 50.4 Å². The Kier molecular flexibility index (Phi) is 10.3. The molecule has 3 heterocycles. The van der Waals surface area contributed by atoms with Crippen LogP contribution in [-0.4, -0.2) is 4.57 Å². The molecule has 2 aliphatic heterocycles. The Balaban J connectivity index is 0.000000147. The third-order valence-corrected chi connectivity index (χ3v) is 12.7. The Hall–Kier alpha value is -6.63. The number of aromatic nitrogens is 1. The number of hydrogen-bond acceptors (Lipinski definition) is 4. The van der Waals surface area contributed by atoms with Crippen molar-refractivity contribution in [3.63, 3.8) is 0 Å². The van der Waals surface area contributed by atoms with Gasteiger partial charge in [-0.25, -0.2) is 0 Å². The summed E-state index contributed by atoms with van der Waals surface area (Å²) >= 11 is 1.90. The number of para-hydroxylation sites is 3. The minimum absolute atomic E-state index is 0.357. The molecule has 0 amide bonds. The van der Waals surface area contributed by atoms with Crippen LogP contribution < -0.4 is 27.4 Å². The molecule has 0 saturated carbocycles. The van der Waals surface area contributed by atoms with Crippen molar-refractivity contribution in [2.24, 2.45) is 5.84 Å². The minimum atomic E-state index is -0.357. The summed E-state index contributed by atoms with van der Waals surface area (Å²) in [6.07, 6.45) is 5.78. The molecule has 1 spiro atoms. The molecule has 0 saturated heterocycles. The van der Waals surface area contributed by atoms with E-state index in [9.17, 15) is 0 Å². The number of hydrogen-bond donors (Lipinski definition) is 3. The number of nitrogens with two attached hydrogens (primary N) is 2. The Labute approximate surface area is 349 Å². The molecule has 0 radical (unpaired) electrons. The van der Waals surface area contributed by atoms with Crippen molar-refractivity contribution in [1.29, 1.82) is 0 Å². The van der Waals surface area contributed by atoms with E-state index >= 15 is 0 Å². The number of nitrogens with zero attached hydrogens (tertiary/aromatic N) is 1. The second-order valence-electron chi connectivity index (χ2n) is 15.1. The highest BCUT2D eigenvalue weighted by Crippen LogP contribution is 2.60. The van der Waals surface area contributed by atoms with Gasteiger partial charge in [-0.2, -0.15) is 0 Å². The van der Waals surface area contributed by atoms with E-state index in [4.69, 9.17) is 11.6 Å². The quantitative estimate of drug-likeness (QED) is 0.0948. The van der Waals surface area contributed by atoms with Crippen molar-refractivity contribution in [3.8, 4) is 5.69 Å². The molecule has 5 N–H and O–H groups in total. The van der Waals surface area contributed by atoms with Crippen LogP contribution in [0.15, 0.2) is 192 Å². The maximum absolute atomic E-state index is 5.64. The third-order valence-electron chi connectivity index (χ3n) is 11.5. The van der Waals surface area contributed by atoms with Crippen LogP contribution in [0.5, 0.6) is 0 Å². The van der Waals surface area contributed by atoms with Crippen molar-refractivity contribution >= 4 is 62.2 Å². The van der Waals surface area contributed by atoms with E-state index in [1.165, 1.54) is 81.4 Å². The van der Waals surface area contributed by atoms with Gasteiger partial charge in [0, 0.05) is 32.8 Å². The number of rotatable bonds is 3. The van der Waals surface area contributed by atoms with Gasteiger partial charge in [0.2, 0.25) is 0 Å². The van der Waals surface area contributed by atoms with Crippen LogP contribution in [0.4, 0.5) is 5.69 Å². The second-order valence-corrected chi connectivity index (χ2v) is 16.1. The summed E-state index contributed by atoms with van der Waals surface area (Å²) in [7, 11) is 0. The summed E-state index contributed by atoms with van der Waals surface area (Å²) in [5.41, 5.74) is 20.6. The molecule has 11 rings (SSSR count). The van der Waals surface area contributed by atoms with Gasteiger partial charge in [-0.05, 0) is 105 Å². The summed E-state index contributed by atoms with van der Waals surface area (Å²) in [5.74, 6) is 5.25. The second kappa shape index (κ2) is 16.0. The van der Waals surface area contributed by atoms with E-state index in [-0.39, 0.29) is 5.41 Å². The fraction of sp³-hybridized carbons (Fsp3) is 0.0741. The summed E-state index contributed by atoms with van der Waals surface area (Å²) < 4.78 is 2.50. The molecule has 9 aromatic rings. The molecule has 8 aromatic carbocycles. The first-order valence-electron chi connectivity index (χ1n) is 20.0. The number of nitrogen functional groups attached to an aromatic ring is 1. The number of aryl methyl sites for hydroxylation is 1. The van der Waals surface area contributed by atoms with E-state index < -0.39 is 0 Å². The minimum Gasteiger partial charge on any atom is -0.399 e. The lowest BCUT2D eigenvalue weighted by Crippen LogP contribution is -2.37. The van der Waals surface area contributed by atoms with E-state index in [2.05, 4.69) is 163 Å². The molecule has 0 fully saturated rings. The molecular formula is C54H46N4S. The van der Waals surface area contributed by atoms with Crippen molar-refractivity contribution in [3.05, 3.63) is 226 Å². The summed E-state index contributed by atoms with van der Waals surface area (Å²) in [4.78, 5) is 2.69. The number of allylic oxidation sites excluding steroid dienone is 1. The van der Waals surface area contributed by atoms with Gasteiger partial charge in [-0.3, -0.25) is 11.3 Å². The van der Waals surface area contributed by atoms with E-state index in [0.717, 1.165) is 16.1 Å². The Morgan fingerprint density at radius 1 is 0.644 bits per heavy atom. The average molecular weight is 783 g/mol. The van der Waals surface area contributed by atoms with Crippen molar-refractivity contribution < 1.29 is 0 Å². The van der Waals surface area contributed by atoms with Gasteiger partial charge in [0.1, 0.15) is 0 Å². The van der Waals surface area contributed by atoms with Gasteiger partial charge in [0.25, 0.3) is 0 Å². The van der Waals surface area contributed by atoms with Crippen LogP contribution >= 0.6 is 11.8 Å². The summed E-state index contributed by atoms with van der Waals surface area (Å²) in [6, 6.07) is 61.3. The number of anilines is 1. The standard InChI is InChI=1S/C32H21NS.C11H12N2.C11H13N/c1-20-17-18-30-26(19-20)32(24-12-4-7-16-29(24)34-30)23-11-3-6-15-28(23)33-27-14-5-2-9-21(27)22-10-8-13-25(32)31(22)33;12-13-8-9-5-6-10-3-1-2-4-11(10)7-9;1-3-5-10-6-7-11(12)8-9(10)4-2/h2-19H,1H3;1-7,13H,8,12H2;3-8H,1,12H2,2H3/b;;9-4-,10-5-. The number of benzene rings is 8. The highest BCUT2D eigenvalue weighted by Gasteiger charge is 2.49. The van der Waals surface area contributed by atoms with Crippen LogP contribution in [0.1, 0.15) is 40.3 Å². The van der Waals surface area contributed by atoms with Crippen molar-refractivity contribution in [2.75, 3.05) is 5.73 Å². The molecule has 1 unspecified atom stereocenters. The smallest absolute Gasteiger partial charge is 0.0764 e. The molecular weight excluding hydrogens is 737 g/mol. The van der Waals surface area contributed by atoms with Crippen LogP contribution in [-0.2, 0) is 12.0 Å². The highest BCUT2D eigenvalue weighted by atomic mass is 32.2. The summed E-state index contributed by atoms with van der Waals surface area (Å²) in [6.45, 7) is 8.58. The maximum atomic E-state index is 5.64. The molecule has 5 heteroatoms. The molecule has 1 aromatic heterocycles. The van der Waals surface area contributed by atoms with Gasteiger partial charge >= 0.3 is 0 Å². The molecule has 59 heavy (non-hydrogen) atoms. The fourth-order valence-electron chi connectivity index (χ4n) is 9.03. The van der Waals surface area contributed by atoms with Gasteiger partial charge < -0.3 is 10.3 Å².